The van der Waals surface area contributed by atoms with Gasteiger partial charge in [0, 0.05) is 25.7 Å². The Morgan fingerprint density at radius 3 is 3.05 bits per heavy atom. The molecule has 0 fully saturated rings. The average Bonchev–Trinajstić information content (AvgIpc) is 3.07. The minimum Gasteiger partial charge on any atom is -0.329 e. The Bertz CT molecular complexity index is 583. The third-order valence-corrected chi connectivity index (χ3v) is 3.81. The minimum atomic E-state index is 0.662. The Morgan fingerprint density at radius 2 is 2.19 bits per heavy atom. The van der Waals surface area contributed by atoms with Crippen LogP contribution in [0.2, 0.25) is 0 Å². The van der Waals surface area contributed by atoms with Gasteiger partial charge in [-0.1, -0.05) is 13.8 Å². The van der Waals surface area contributed by atoms with E-state index in [2.05, 4.69) is 49.7 Å². The van der Waals surface area contributed by atoms with Crippen LogP contribution in [-0.4, -0.2) is 30.9 Å². The second-order valence-electron chi connectivity index (χ2n) is 6.20. The zero-order valence-corrected chi connectivity index (χ0v) is 12.9. The summed E-state index contributed by atoms with van der Waals surface area (Å²) in [6.45, 7) is 8.06. The maximum Gasteiger partial charge on any atom is 0.153 e. The van der Waals surface area contributed by atoms with Crippen molar-refractivity contribution < 1.29 is 0 Å². The van der Waals surface area contributed by atoms with Crippen LogP contribution in [0.5, 0.6) is 0 Å². The lowest BCUT2D eigenvalue weighted by molar-refractivity contribution is 0.501. The molecule has 0 aliphatic carbocycles. The number of nitrogens with zero attached hydrogens (tertiary/aromatic N) is 5. The monoisotopic (exact) mass is 288 g/mol. The molecule has 3 rings (SSSR count). The van der Waals surface area contributed by atoms with Gasteiger partial charge in [0.2, 0.25) is 0 Å². The molecule has 0 saturated heterocycles. The fourth-order valence-electron chi connectivity index (χ4n) is 2.72. The van der Waals surface area contributed by atoms with Gasteiger partial charge in [-0.15, -0.1) is 10.2 Å². The lowest BCUT2D eigenvalue weighted by atomic mass is 10.2. The van der Waals surface area contributed by atoms with E-state index in [-0.39, 0.29) is 0 Å². The quantitative estimate of drug-likeness (QED) is 0.877. The number of nitrogens with one attached hydrogen (secondary N) is 1. The molecular formula is C15H24N6. The first-order chi connectivity index (χ1) is 10.2. The van der Waals surface area contributed by atoms with Crippen molar-refractivity contribution in [2.24, 2.45) is 5.92 Å². The van der Waals surface area contributed by atoms with Crippen LogP contribution in [-0.2, 0) is 26.1 Å². The summed E-state index contributed by atoms with van der Waals surface area (Å²) >= 11 is 0. The van der Waals surface area contributed by atoms with Crippen molar-refractivity contribution in [1.82, 2.24) is 29.6 Å². The number of hydrogen-bond donors (Lipinski definition) is 1. The molecule has 0 unspecified atom stereocenters. The Morgan fingerprint density at radius 1 is 1.29 bits per heavy atom. The number of imidazole rings is 1. The third kappa shape index (κ3) is 3.50. The first kappa shape index (κ1) is 14.3. The molecule has 0 aromatic carbocycles. The van der Waals surface area contributed by atoms with Gasteiger partial charge in [-0.05, 0) is 25.3 Å². The average molecular weight is 288 g/mol. The highest BCUT2D eigenvalue weighted by atomic mass is 15.3. The van der Waals surface area contributed by atoms with E-state index in [1.165, 1.54) is 12.8 Å². The largest absolute Gasteiger partial charge is 0.329 e. The van der Waals surface area contributed by atoms with Gasteiger partial charge in [0.15, 0.2) is 5.82 Å². The standard InChI is InChI=1S/C15H24N6/c1-12(2)7-16-8-13-9-20(11-17-13)10-15-19-18-14-5-3-4-6-21(14)15/h9,11-12,16H,3-8,10H2,1-2H3. The summed E-state index contributed by atoms with van der Waals surface area (Å²) in [5.41, 5.74) is 1.08. The lowest BCUT2D eigenvalue weighted by Crippen LogP contribution is -2.19. The highest BCUT2D eigenvalue weighted by Gasteiger charge is 2.15. The van der Waals surface area contributed by atoms with E-state index in [0.717, 1.165) is 49.9 Å². The van der Waals surface area contributed by atoms with E-state index in [9.17, 15) is 0 Å². The molecular weight excluding hydrogens is 264 g/mol. The first-order valence-corrected chi connectivity index (χ1v) is 7.84. The van der Waals surface area contributed by atoms with E-state index in [1.54, 1.807) is 0 Å². The van der Waals surface area contributed by atoms with Gasteiger partial charge < -0.3 is 14.5 Å². The van der Waals surface area contributed by atoms with Crippen LogP contribution in [0.3, 0.4) is 0 Å². The molecule has 6 nitrogen and oxygen atoms in total. The van der Waals surface area contributed by atoms with E-state index in [4.69, 9.17) is 0 Å². The molecule has 21 heavy (non-hydrogen) atoms. The number of rotatable bonds is 6. The molecule has 3 heterocycles. The molecule has 0 spiro atoms. The molecule has 114 valence electrons. The predicted octanol–water partition coefficient (Wildman–Crippen LogP) is 1.60. The summed E-state index contributed by atoms with van der Waals surface area (Å²) < 4.78 is 4.36. The summed E-state index contributed by atoms with van der Waals surface area (Å²) in [4.78, 5) is 4.45. The third-order valence-electron chi connectivity index (χ3n) is 3.81. The smallest absolute Gasteiger partial charge is 0.153 e. The van der Waals surface area contributed by atoms with Gasteiger partial charge >= 0.3 is 0 Å². The van der Waals surface area contributed by atoms with Crippen LogP contribution in [0.4, 0.5) is 0 Å². The van der Waals surface area contributed by atoms with Crippen LogP contribution in [0.1, 0.15) is 44.0 Å². The summed E-state index contributed by atoms with van der Waals surface area (Å²) in [6.07, 6.45) is 7.50. The van der Waals surface area contributed by atoms with Gasteiger partial charge in [0.05, 0.1) is 18.6 Å². The number of hydrogen-bond acceptors (Lipinski definition) is 4. The molecule has 0 bridgehead atoms. The van der Waals surface area contributed by atoms with Crippen LogP contribution in [0.25, 0.3) is 0 Å². The Kier molecular flexibility index (Phi) is 4.34. The van der Waals surface area contributed by atoms with Crippen LogP contribution < -0.4 is 5.32 Å². The second-order valence-corrected chi connectivity index (χ2v) is 6.20. The summed E-state index contributed by atoms with van der Waals surface area (Å²) in [5.74, 6) is 2.84. The molecule has 0 amide bonds. The maximum atomic E-state index is 4.45. The Hall–Kier alpha value is -1.69. The van der Waals surface area contributed by atoms with E-state index in [1.807, 2.05) is 6.33 Å². The molecule has 2 aromatic heterocycles. The van der Waals surface area contributed by atoms with E-state index >= 15 is 0 Å². The van der Waals surface area contributed by atoms with Crippen molar-refractivity contribution >= 4 is 0 Å². The highest BCUT2D eigenvalue weighted by molar-refractivity contribution is 5.02. The number of aromatic nitrogens is 5. The second kappa shape index (κ2) is 6.39. The summed E-state index contributed by atoms with van der Waals surface area (Å²) in [6, 6.07) is 0. The van der Waals surface area contributed by atoms with Gasteiger partial charge in [-0.2, -0.15) is 0 Å². The van der Waals surface area contributed by atoms with Gasteiger partial charge in [0.1, 0.15) is 5.82 Å². The van der Waals surface area contributed by atoms with Crippen LogP contribution in [0.15, 0.2) is 12.5 Å². The van der Waals surface area contributed by atoms with Crippen molar-refractivity contribution in [3.05, 3.63) is 29.9 Å². The Balaban J connectivity index is 1.60. The zero-order valence-electron chi connectivity index (χ0n) is 12.9. The van der Waals surface area contributed by atoms with Gasteiger partial charge in [-0.3, -0.25) is 0 Å². The molecule has 2 aromatic rings. The van der Waals surface area contributed by atoms with Gasteiger partial charge in [0.25, 0.3) is 0 Å². The molecule has 6 heteroatoms. The maximum absolute atomic E-state index is 4.45. The fourth-order valence-corrected chi connectivity index (χ4v) is 2.72. The summed E-state index contributed by atoms with van der Waals surface area (Å²) in [5, 5.41) is 12.0. The predicted molar refractivity (Wildman–Crippen MR) is 80.8 cm³/mol. The topological polar surface area (TPSA) is 60.6 Å². The fraction of sp³-hybridized carbons (Fsp3) is 0.667. The van der Waals surface area contributed by atoms with Crippen molar-refractivity contribution in [2.45, 2.75) is 52.7 Å². The van der Waals surface area contributed by atoms with E-state index < -0.39 is 0 Å². The normalized spacial score (nSPS) is 14.6. The van der Waals surface area contributed by atoms with E-state index in [0.29, 0.717) is 5.92 Å². The Labute approximate surface area is 125 Å². The van der Waals surface area contributed by atoms with Crippen molar-refractivity contribution in [2.75, 3.05) is 6.54 Å². The molecule has 0 atom stereocenters. The SMILES string of the molecule is CC(C)CNCc1cn(Cc2nnc3n2CCCC3)cn1. The molecule has 1 aliphatic rings. The van der Waals surface area contributed by atoms with Crippen molar-refractivity contribution in [1.29, 1.82) is 0 Å². The lowest BCUT2D eigenvalue weighted by Gasteiger charge is -2.14. The van der Waals surface area contributed by atoms with Crippen LogP contribution >= 0.6 is 0 Å². The highest BCUT2D eigenvalue weighted by Crippen LogP contribution is 2.15. The first-order valence-electron chi connectivity index (χ1n) is 7.84. The van der Waals surface area contributed by atoms with Gasteiger partial charge in [-0.25, -0.2) is 4.98 Å². The summed E-state index contributed by atoms with van der Waals surface area (Å²) in [7, 11) is 0. The molecule has 0 saturated carbocycles. The van der Waals surface area contributed by atoms with Crippen LogP contribution in [0, 0.1) is 5.92 Å². The molecule has 1 aliphatic heterocycles. The van der Waals surface area contributed by atoms with Crippen molar-refractivity contribution in [3.8, 4) is 0 Å². The zero-order chi connectivity index (χ0) is 14.7. The molecule has 0 radical (unpaired) electrons. The molecule has 1 N–H and O–H groups in total. The minimum absolute atomic E-state index is 0.662. The van der Waals surface area contributed by atoms with Crippen molar-refractivity contribution in [3.63, 3.8) is 0 Å². The number of aryl methyl sites for hydroxylation is 1. The number of fused-ring (bicyclic) bond motifs is 1.